The van der Waals surface area contributed by atoms with Crippen LogP contribution in [0.1, 0.15) is 31.7 Å². The van der Waals surface area contributed by atoms with Crippen LogP contribution in [-0.2, 0) is 21.2 Å². The molecular formula is C16H24N2O3S. The van der Waals surface area contributed by atoms with E-state index in [1.54, 1.807) is 6.92 Å². The maximum atomic E-state index is 12.1. The topological polar surface area (TPSA) is 75.3 Å². The first-order valence-corrected chi connectivity index (χ1v) is 9.56. The van der Waals surface area contributed by atoms with Crippen molar-refractivity contribution in [2.75, 3.05) is 6.26 Å². The van der Waals surface area contributed by atoms with E-state index in [1.807, 2.05) is 18.2 Å². The largest absolute Gasteiger partial charge is 0.352 e. The van der Waals surface area contributed by atoms with Crippen molar-refractivity contribution in [3.8, 4) is 0 Å². The summed E-state index contributed by atoms with van der Waals surface area (Å²) in [7, 11) is -3.37. The van der Waals surface area contributed by atoms with Crippen molar-refractivity contribution in [2.24, 2.45) is 5.92 Å². The van der Waals surface area contributed by atoms with Gasteiger partial charge in [0.15, 0.2) is 0 Å². The van der Waals surface area contributed by atoms with Gasteiger partial charge >= 0.3 is 0 Å². The van der Waals surface area contributed by atoms with Crippen LogP contribution in [0.25, 0.3) is 0 Å². The zero-order chi connectivity index (χ0) is 16.2. The molecule has 122 valence electrons. The van der Waals surface area contributed by atoms with Gasteiger partial charge in [0.1, 0.15) is 0 Å². The SMILES string of the molecule is C[C@@H](NS(C)(=O)=O)C(=O)N[C@H]1CCC[C@@H]1Cc1ccccc1. The van der Waals surface area contributed by atoms with Crippen LogP contribution in [0.4, 0.5) is 0 Å². The fourth-order valence-corrected chi connectivity index (χ4v) is 3.82. The predicted octanol–water partition coefficient (Wildman–Crippen LogP) is 1.45. The molecule has 1 saturated carbocycles. The van der Waals surface area contributed by atoms with Gasteiger partial charge in [0, 0.05) is 6.04 Å². The minimum absolute atomic E-state index is 0.122. The molecule has 0 saturated heterocycles. The van der Waals surface area contributed by atoms with E-state index in [0.717, 1.165) is 31.9 Å². The molecule has 5 nitrogen and oxygen atoms in total. The highest BCUT2D eigenvalue weighted by Gasteiger charge is 2.30. The van der Waals surface area contributed by atoms with Gasteiger partial charge in [-0.2, -0.15) is 0 Å². The maximum Gasteiger partial charge on any atom is 0.238 e. The highest BCUT2D eigenvalue weighted by Crippen LogP contribution is 2.28. The lowest BCUT2D eigenvalue weighted by Gasteiger charge is -2.23. The number of nitrogens with one attached hydrogen (secondary N) is 2. The van der Waals surface area contributed by atoms with Crippen LogP contribution in [0.5, 0.6) is 0 Å². The summed E-state index contributed by atoms with van der Waals surface area (Å²) in [6.45, 7) is 1.57. The number of benzene rings is 1. The van der Waals surface area contributed by atoms with Gasteiger partial charge in [0.25, 0.3) is 0 Å². The highest BCUT2D eigenvalue weighted by molar-refractivity contribution is 7.88. The molecule has 1 aromatic rings. The smallest absolute Gasteiger partial charge is 0.238 e. The zero-order valence-corrected chi connectivity index (χ0v) is 13.9. The Labute approximate surface area is 132 Å². The van der Waals surface area contributed by atoms with E-state index in [0.29, 0.717) is 5.92 Å². The van der Waals surface area contributed by atoms with Crippen LogP contribution in [0.2, 0.25) is 0 Å². The summed E-state index contributed by atoms with van der Waals surface area (Å²) in [4.78, 5) is 12.1. The second-order valence-corrected chi connectivity index (χ2v) is 7.89. The highest BCUT2D eigenvalue weighted by atomic mass is 32.2. The number of carbonyl (C=O) groups excluding carboxylic acids is 1. The van der Waals surface area contributed by atoms with Crippen molar-refractivity contribution in [1.82, 2.24) is 10.0 Å². The Bertz CT molecular complexity index is 601. The van der Waals surface area contributed by atoms with Crippen LogP contribution in [0, 0.1) is 5.92 Å². The third kappa shape index (κ3) is 5.10. The lowest BCUT2D eigenvalue weighted by molar-refractivity contribution is -0.123. The van der Waals surface area contributed by atoms with E-state index in [-0.39, 0.29) is 11.9 Å². The van der Waals surface area contributed by atoms with E-state index in [1.165, 1.54) is 5.56 Å². The lowest BCUT2D eigenvalue weighted by Crippen LogP contribution is -2.48. The van der Waals surface area contributed by atoms with Crippen LogP contribution < -0.4 is 10.0 Å². The summed E-state index contributed by atoms with van der Waals surface area (Å²) >= 11 is 0. The van der Waals surface area contributed by atoms with Gasteiger partial charge in [0.2, 0.25) is 15.9 Å². The van der Waals surface area contributed by atoms with Crippen molar-refractivity contribution in [3.63, 3.8) is 0 Å². The van der Waals surface area contributed by atoms with Gasteiger partial charge in [-0.05, 0) is 37.7 Å². The summed E-state index contributed by atoms with van der Waals surface area (Å²) in [6.07, 6.45) is 5.14. The van der Waals surface area contributed by atoms with E-state index in [9.17, 15) is 13.2 Å². The Morgan fingerprint density at radius 1 is 1.27 bits per heavy atom. The monoisotopic (exact) mass is 324 g/mol. The Hall–Kier alpha value is -1.40. The number of amides is 1. The Morgan fingerprint density at radius 2 is 1.95 bits per heavy atom. The summed E-state index contributed by atoms with van der Waals surface area (Å²) in [5.74, 6) is 0.159. The van der Waals surface area contributed by atoms with Crippen LogP contribution >= 0.6 is 0 Å². The minimum Gasteiger partial charge on any atom is -0.352 e. The molecule has 1 fully saturated rings. The maximum absolute atomic E-state index is 12.1. The van der Waals surface area contributed by atoms with Crippen molar-refractivity contribution in [2.45, 2.75) is 44.7 Å². The number of hydrogen-bond acceptors (Lipinski definition) is 3. The molecule has 0 radical (unpaired) electrons. The van der Waals surface area contributed by atoms with Gasteiger partial charge in [0.05, 0.1) is 12.3 Å². The molecule has 0 bridgehead atoms. The molecule has 1 aliphatic carbocycles. The van der Waals surface area contributed by atoms with Crippen LogP contribution in [-0.4, -0.2) is 32.7 Å². The summed E-state index contributed by atoms with van der Waals surface area (Å²) < 4.78 is 24.7. The molecule has 0 unspecified atom stereocenters. The molecule has 2 N–H and O–H groups in total. The average molecular weight is 324 g/mol. The Morgan fingerprint density at radius 3 is 2.59 bits per heavy atom. The van der Waals surface area contributed by atoms with Crippen molar-refractivity contribution in [3.05, 3.63) is 35.9 Å². The Kier molecular flexibility index (Phi) is 5.58. The number of hydrogen-bond donors (Lipinski definition) is 2. The summed E-state index contributed by atoms with van der Waals surface area (Å²) in [6, 6.07) is 9.63. The fourth-order valence-electron chi connectivity index (χ4n) is 3.07. The number of rotatable bonds is 6. The molecule has 6 heteroatoms. The van der Waals surface area contributed by atoms with Crippen molar-refractivity contribution >= 4 is 15.9 Å². The molecule has 0 aliphatic heterocycles. The summed E-state index contributed by atoms with van der Waals surface area (Å²) in [5.41, 5.74) is 1.27. The molecule has 1 aliphatic rings. The molecule has 0 aromatic heterocycles. The van der Waals surface area contributed by atoms with Crippen molar-refractivity contribution < 1.29 is 13.2 Å². The van der Waals surface area contributed by atoms with E-state index >= 15 is 0 Å². The van der Waals surface area contributed by atoms with Gasteiger partial charge in [-0.15, -0.1) is 0 Å². The van der Waals surface area contributed by atoms with Crippen LogP contribution in [0.15, 0.2) is 30.3 Å². The number of sulfonamides is 1. The first-order valence-electron chi connectivity index (χ1n) is 7.67. The molecule has 1 amide bonds. The first kappa shape index (κ1) is 17.0. The molecular weight excluding hydrogens is 300 g/mol. The van der Waals surface area contributed by atoms with Gasteiger partial charge in [-0.25, -0.2) is 13.1 Å². The minimum atomic E-state index is -3.37. The predicted molar refractivity (Wildman–Crippen MR) is 86.9 cm³/mol. The second kappa shape index (κ2) is 7.24. The molecule has 1 aromatic carbocycles. The number of carbonyl (C=O) groups is 1. The first-order chi connectivity index (χ1) is 10.3. The third-order valence-electron chi connectivity index (χ3n) is 4.11. The summed E-state index contributed by atoms with van der Waals surface area (Å²) in [5, 5.41) is 3.01. The van der Waals surface area contributed by atoms with Gasteiger partial charge in [-0.3, -0.25) is 4.79 Å². The standard InChI is InChI=1S/C16H24N2O3S/c1-12(18-22(2,20)21)16(19)17-15-10-6-9-14(15)11-13-7-4-3-5-8-13/h3-5,7-8,12,14-15,18H,6,9-11H2,1-2H3,(H,17,19)/t12-,14-,15+/m1/s1. The Balaban J connectivity index is 1.92. The van der Waals surface area contributed by atoms with E-state index < -0.39 is 16.1 Å². The molecule has 0 spiro atoms. The molecule has 22 heavy (non-hydrogen) atoms. The average Bonchev–Trinajstić information content (AvgIpc) is 2.85. The molecule has 3 atom stereocenters. The normalized spacial score (nSPS) is 23.2. The molecule has 0 heterocycles. The van der Waals surface area contributed by atoms with Gasteiger partial charge in [-0.1, -0.05) is 36.8 Å². The van der Waals surface area contributed by atoms with E-state index in [4.69, 9.17) is 0 Å². The lowest BCUT2D eigenvalue weighted by atomic mass is 9.94. The molecule has 2 rings (SSSR count). The third-order valence-corrected chi connectivity index (χ3v) is 4.89. The van der Waals surface area contributed by atoms with Crippen LogP contribution in [0.3, 0.4) is 0 Å². The van der Waals surface area contributed by atoms with Gasteiger partial charge < -0.3 is 5.32 Å². The zero-order valence-electron chi connectivity index (χ0n) is 13.1. The van der Waals surface area contributed by atoms with E-state index in [2.05, 4.69) is 22.2 Å². The quantitative estimate of drug-likeness (QED) is 0.832. The second-order valence-electron chi connectivity index (χ2n) is 6.11. The van der Waals surface area contributed by atoms with Crippen molar-refractivity contribution in [1.29, 1.82) is 0 Å². The fraction of sp³-hybridized carbons (Fsp3) is 0.562.